The predicted molar refractivity (Wildman–Crippen MR) is 95.5 cm³/mol. The Kier molecular flexibility index (Phi) is 7.42. The largest absolute Gasteiger partial charge is 0.462 e. The van der Waals surface area contributed by atoms with E-state index in [2.05, 4.69) is 15.1 Å². The Hall–Kier alpha value is -2.30. The van der Waals surface area contributed by atoms with Crippen LogP contribution in [0.15, 0.2) is 6.20 Å². The van der Waals surface area contributed by atoms with Crippen LogP contribution in [0.2, 0.25) is 0 Å². The molecule has 10 nitrogen and oxygen atoms in total. The molecule has 0 saturated heterocycles. The number of hydrogen-bond donors (Lipinski definition) is 2. The summed E-state index contributed by atoms with van der Waals surface area (Å²) < 4.78 is 36.5. The number of alkyl carbamates (subject to hydrolysis) is 1. The zero-order chi connectivity index (χ0) is 20.0. The van der Waals surface area contributed by atoms with E-state index in [0.717, 1.165) is 6.26 Å². The summed E-state index contributed by atoms with van der Waals surface area (Å²) >= 11 is 0. The normalized spacial score (nSPS) is 11.7. The van der Waals surface area contributed by atoms with Crippen LogP contribution in [0.3, 0.4) is 0 Å². The minimum atomic E-state index is -3.60. The summed E-state index contributed by atoms with van der Waals surface area (Å²) in [6.07, 6.45) is 2.34. The fourth-order valence-electron chi connectivity index (χ4n) is 1.89. The van der Waals surface area contributed by atoms with Crippen LogP contribution in [0.4, 0.5) is 10.6 Å². The van der Waals surface area contributed by atoms with Crippen LogP contribution in [-0.4, -0.2) is 55.3 Å². The maximum Gasteiger partial charge on any atom is 0.407 e. The molecule has 148 valence electrons. The van der Waals surface area contributed by atoms with E-state index in [1.807, 2.05) is 0 Å². The molecule has 11 heteroatoms. The summed E-state index contributed by atoms with van der Waals surface area (Å²) in [7, 11) is -3.60. The third-order valence-corrected chi connectivity index (χ3v) is 3.34. The van der Waals surface area contributed by atoms with Gasteiger partial charge in [0, 0.05) is 19.3 Å². The summed E-state index contributed by atoms with van der Waals surface area (Å²) in [5.74, 6) is -0.761. The lowest BCUT2D eigenvalue weighted by atomic mass is 10.2. The Morgan fingerprint density at radius 3 is 2.50 bits per heavy atom. The minimum absolute atomic E-state index is 0.0253. The van der Waals surface area contributed by atoms with E-state index in [9.17, 15) is 18.0 Å². The van der Waals surface area contributed by atoms with Crippen LogP contribution in [0.5, 0.6) is 0 Å². The van der Waals surface area contributed by atoms with E-state index in [0.29, 0.717) is 19.5 Å². The first-order valence-electron chi connectivity index (χ1n) is 8.10. The first-order valence-corrected chi connectivity index (χ1v) is 9.99. The number of nitrogens with one attached hydrogen (secondary N) is 2. The minimum Gasteiger partial charge on any atom is -0.462 e. The lowest BCUT2D eigenvalue weighted by Crippen LogP contribution is -2.33. The van der Waals surface area contributed by atoms with E-state index in [4.69, 9.17) is 9.47 Å². The zero-order valence-electron chi connectivity index (χ0n) is 15.7. The molecule has 0 spiro atoms. The molecule has 0 radical (unpaired) electrons. The zero-order valence-corrected chi connectivity index (χ0v) is 16.5. The van der Waals surface area contributed by atoms with Gasteiger partial charge in [0.2, 0.25) is 10.0 Å². The average molecular weight is 390 g/mol. The van der Waals surface area contributed by atoms with Crippen LogP contribution in [0, 0.1) is 0 Å². The molecule has 1 aromatic rings. The summed E-state index contributed by atoms with van der Waals surface area (Å²) in [4.78, 5) is 23.5. The van der Waals surface area contributed by atoms with Gasteiger partial charge < -0.3 is 14.8 Å². The third-order valence-electron chi connectivity index (χ3n) is 2.77. The highest BCUT2D eigenvalue weighted by atomic mass is 32.2. The highest BCUT2D eigenvalue weighted by Gasteiger charge is 2.20. The lowest BCUT2D eigenvalue weighted by molar-refractivity contribution is 0.0517. The Morgan fingerprint density at radius 1 is 1.31 bits per heavy atom. The quantitative estimate of drug-likeness (QED) is 0.506. The second-order valence-electron chi connectivity index (χ2n) is 6.53. The van der Waals surface area contributed by atoms with E-state index >= 15 is 0 Å². The fourth-order valence-corrected chi connectivity index (χ4v) is 2.39. The Morgan fingerprint density at radius 2 is 1.96 bits per heavy atom. The molecule has 1 aromatic heterocycles. The third kappa shape index (κ3) is 8.19. The molecule has 26 heavy (non-hydrogen) atoms. The summed E-state index contributed by atoms with van der Waals surface area (Å²) in [6.45, 7) is 7.79. The number of nitrogens with zero attached hydrogens (tertiary/aromatic N) is 2. The van der Waals surface area contributed by atoms with Crippen LogP contribution in [0.25, 0.3) is 0 Å². The second-order valence-corrected chi connectivity index (χ2v) is 8.28. The van der Waals surface area contributed by atoms with E-state index in [-0.39, 0.29) is 18.0 Å². The highest BCUT2D eigenvalue weighted by Crippen LogP contribution is 2.16. The van der Waals surface area contributed by atoms with Gasteiger partial charge in [-0.05, 0) is 34.1 Å². The number of esters is 1. The van der Waals surface area contributed by atoms with Crippen molar-refractivity contribution in [3.63, 3.8) is 0 Å². The van der Waals surface area contributed by atoms with Gasteiger partial charge in [0.1, 0.15) is 11.2 Å². The lowest BCUT2D eigenvalue weighted by Gasteiger charge is -2.19. The Balaban J connectivity index is 2.68. The van der Waals surface area contributed by atoms with Gasteiger partial charge in [-0.15, -0.1) is 0 Å². The molecule has 0 fully saturated rings. The summed E-state index contributed by atoms with van der Waals surface area (Å²) in [6, 6.07) is 0. The maximum atomic E-state index is 11.9. The van der Waals surface area contributed by atoms with Gasteiger partial charge in [0.05, 0.1) is 12.9 Å². The number of carbonyl (C=O) groups excluding carboxylic acids is 2. The Labute approximate surface area is 153 Å². The van der Waals surface area contributed by atoms with Crippen LogP contribution in [0.1, 0.15) is 44.5 Å². The van der Waals surface area contributed by atoms with Crippen molar-refractivity contribution >= 4 is 27.9 Å². The van der Waals surface area contributed by atoms with Crippen molar-refractivity contribution in [2.75, 3.05) is 24.1 Å². The molecule has 0 aromatic carbocycles. The molecule has 0 bridgehead atoms. The first kappa shape index (κ1) is 21.7. The van der Waals surface area contributed by atoms with E-state index in [1.165, 1.54) is 10.9 Å². The number of anilines is 1. The maximum absolute atomic E-state index is 11.9. The van der Waals surface area contributed by atoms with Crippen LogP contribution >= 0.6 is 0 Å². The monoisotopic (exact) mass is 390 g/mol. The molecule has 1 amide bonds. The SMILES string of the molecule is CCOC(=O)c1cn(CCCNC(=O)OC(C)(C)C)nc1NS(C)(=O)=O. The van der Waals surface area contributed by atoms with Crippen molar-refractivity contribution in [2.45, 2.75) is 46.3 Å². The first-order chi connectivity index (χ1) is 11.9. The predicted octanol–water partition coefficient (Wildman–Crippen LogP) is 1.35. The topological polar surface area (TPSA) is 129 Å². The van der Waals surface area contributed by atoms with E-state index < -0.39 is 27.7 Å². The molecule has 1 heterocycles. The summed E-state index contributed by atoms with van der Waals surface area (Å²) in [5, 5.41) is 6.66. The molecular weight excluding hydrogens is 364 g/mol. The van der Waals surface area contributed by atoms with Crippen molar-refractivity contribution in [1.82, 2.24) is 15.1 Å². The van der Waals surface area contributed by atoms with Crippen molar-refractivity contribution in [2.24, 2.45) is 0 Å². The number of aromatic nitrogens is 2. The van der Waals surface area contributed by atoms with Gasteiger partial charge in [0.15, 0.2) is 5.82 Å². The molecule has 0 aliphatic carbocycles. The number of ether oxygens (including phenoxy) is 2. The average Bonchev–Trinajstić information content (AvgIpc) is 2.83. The second kappa shape index (κ2) is 8.88. The van der Waals surface area contributed by atoms with Crippen molar-refractivity contribution in [3.05, 3.63) is 11.8 Å². The van der Waals surface area contributed by atoms with Crippen LogP contribution < -0.4 is 10.0 Å². The molecule has 0 aliphatic heterocycles. The molecule has 1 rings (SSSR count). The van der Waals surface area contributed by atoms with Gasteiger partial charge >= 0.3 is 12.1 Å². The Bertz CT molecular complexity index is 736. The standard InChI is InChI=1S/C15H26N4O6S/c1-6-24-13(20)11-10-19(17-12(11)18-26(5,22)23)9-7-8-16-14(21)25-15(2,3)4/h10H,6-9H2,1-5H3,(H,16,21)(H,17,18). The smallest absolute Gasteiger partial charge is 0.407 e. The number of hydrogen-bond acceptors (Lipinski definition) is 7. The van der Waals surface area contributed by atoms with Gasteiger partial charge in [0.25, 0.3) is 0 Å². The molecule has 0 unspecified atom stereocenters. The molecule has 2 N–H and O–H groups in total. The van der Waals surface area contributed by atoms with Crippen molar-refractivity contribution < 1.29 is 27.5 Å². The van der Waals surface area contributed by atoms with Crippen LogP contribution in [-0.2, 0) is 26.0 Å². The number of aryl methyl sites for hydroxylation is 1. The van der Waals surface area contributed by atoms with Gasteiger partial charge in [-0.2, -0.15) is 5.10 Å². The molecule has 0 atom stereocenters. The number of carbonyl (C=O) groups is 2. The number of rotatable bonds is 8. The molecular formula is C15H26N4O6S. The van der Waals surface area contributed by atoms with Gasteiger partial charge in [-0.25, -0.2) is 18.0 Å². The highest BCUT2D eigenvalue weighted by molar-refractivity contribution is 7.92. The summed E-state index contributed by atoms with van der Waals surface area (Å²) in [5.41, 5.74) is -0.551. The van der Waals surface area contributed by atoms with E-state index in [1.54, 1.807) is 27.7 Å². The van der Waals surface area contributed by atoms with Crippen molar-refractivity contribution in [1.29, 1.82) is 0 Å². The van der Waals surface area contributed by atoms with Crippen molar-refractivity contribution in [3.8, 4) is 0 Å². The fraction of sp³-hybridized carbons (Fsp3) is 0.667. The molecule has 0 saturated carbocycles. The number of amides is 1. The van der Waals surface area contributed by atoms with Gasteiger partial charge in [-0.3, -0.25) is 9.40 Å². The van der Waals surface area contributed by atoms with Gasteiger partial charge in [-0.1, -0.05) is 0 Å². The molecule has 0 aliphatic rings. The number of sulfonamides is 1.